The Labute approximate surface area is 148 Å². The third-order valence-electron chi connectivity index (χ3n) is 4.60. The second kappa shape index (κ2) is 8.20. The minimum absolute atomic E-state index is 0.0140. The first-order valence-electron chi connectivity index (χ1n) is 8.90. The molecule has 1 saturated heterocycles. The molecule has 2 aromatic rings. The number of amides is 1. The third kappa shape index (κ3) is 4.85. The van der Waals surface area contributed by atoms with Crippen LogP contribution in [0.1, 0.15) is 48.2 Å². The van der Waals surface area contributed by atoms with Gasteiger partial charge < -0.3 is 15.2 Å². The van der Waals surface area contributed by atoms with Crippen LogP contribution in [0.4, 0.5) is 0 Å². The van der Waals surface area contributed by atoms with Crippen molar-refractivity contribution in [2.75, 3.05) is 13.1 Å². The van der Waals surface area contributed by atoms with Crippen molar-refractivity contribution in [3.05, 3.63) is 41.5 Å². The Kier molecular flexibility index (Phi) is 5.75. The number of rotatable bonds is 6. The molecule has 1 fully saturated rings. The summed E-state index contributed by atoms with van der Waals surface area (Å²) < 4.78 is 1.90. The molecule has 3 heterocycles. The van der Waals surface area contributed by atoms with Crippen LogP contribution >= 0.6 is 0 Å². The van der Waals surface area contributed by atoms with Crippen LogP contribution in [0.15, 0.2) is 18.5 Å². The maximum Gasteiger partial charge on any atom is 0.220 e. The first-order valence-corrected chi connectivity index (χ1v) is 8.90. The standard InChI is InChI=1S/C18H26N6O/c1-13-22-15(10-16(23-13)14-4-3-7-19-11-14)5-6-18(25)21-12-17-20-8-9-24(17)2/h8-10,14,19H,3-7,11-12H2,1-2H3,(H,21,25)/t14-/m1/s1. The predicted molar refractivity (Wildman–Crippen MR) is 95.0 cm³/mol. The minimum atomic E-state index is 0.0140. The molecule has 1 aliphatic rings. The highest BCUT2D eigenvalue weighted by molar-refractivity contribution is 5.76. The van der Waals surface area contributed by atoms with Gasteiger partial charge in [0.1, 0.15) is 11.6 Å². The zero-order valence-corrected chi connectivity index (χ0v) is 15.0. The van der Waals surface area contributed by atoms with Crippen molar-refractivity contribution < 1.29 is 4.79 Å². The number of hydrogen-bond donors (Lipinski definition) is 2. The van der Waals surface area contributed by atoms with Crippen molar-refractivity contribution in [3.8, 4) is 0 Å². The summed E-state index contributed by atoms with van der Waals surface area (Å²) in [4.78, 5) is 25.4. The van der Waals surface area contributed by atoms with Gasteiger partial charge in [-0.3, -0.25) is 4.79 Å². The number of carbonyl (C=O) groups is 1. The Morgan fingerprint density at radius 3 is 3.04 bits per heavy atom. The molecule has 7 nitrogen and oxygen atoms in total. The van der Waals surface area contributed by atoms with Crippen molar-refractivity contribution >= 4 is 5.91 Å². The molecule has 0 unspecified atom stereocenters. The van der Waals surface area contributed by atoms with Gasteiger partial charge in [-0.2, -0.15) is 0 Å². The number of hydrogen-bond acceptors (Lipinski definition) is 5. The van der Waals surface area contributed by atoms with Crippen molar-refractivity contribution in [2.24, 2.45) is 7.05 Å². The van der Waals surface area contributed by atoms with E-state index < -0.39 is 0 Å². The lowest BCUT2D eigenvalue weighted by Crippen LogP contribution is -2.29. The Bertz CT molecular complexity index is 720. The Morgan fingerprint density at radius 2 is 2.32 bits per heavy atom. The van der Waals surface area contributed by atoms with Crippen molar-refractivity contribution in [3.63, 3.8) is 0 Å². The molecule has 0 radical (unpaired) electrons. The summed E-state index contributed by atoms with van der Waals surface area (Å²) >= 11 is 0. The summed E-state index contributed by atoms with van der Waals surface area (Å²) in [7, 11) is 1.92. The molecule has 25 heavy (non-hydrogen) atoms. The van der Waals surface area contributed by atoms with Gasteiger partial charge in [0.25, 0.3) is 0 Å². The van der Waals surface area contributed by atoms with E-state index >= 15 is 0 Å². The second-order valence-corrected chi connectivity index (χ2v) is 6.61. The van der Waals surface area contributed by atoms with E-state index in [0.29, 0.717) is 25.3 Å². The summed E-state index contributed by atoms with van der Waals surface area (Å²) in [6.45, 7) is 4.43. The van der Waals surface area contributed by atoms with Crippen LogP contribution in [0.25, 0.3) is 0 Å². The molecular weight excluding hydrogens is 316 g/mol. The Hall–Kier alpha value is -2.28. The van der Waals surface area contributed by atoms with Crippen molar-refractivity contribution in [1.82, 2.24) is 30.2 Å². The van der Waals surface area contributed by atoms with E-state index in [2.05, 4.69) is 31.7 Å². The fourth-order valence-corrected chi connectivity index (χ4v) is 3.17. The summed E-state index contributed by atoms with van der Waals surface area (Å²) in [5.41, 5.74) is 2.04. The number of nitrogens with one attached hydrogen (secondary N) is 2. The summed E-state index contributed by atoms with van der Waals surface area (Å²) in [6.07, 6.45) is 6.98. The predicted octanol–water partition coefficient (Wildman–Crippen LogP) is 1.23. The van der Waals surface area contributed by atoms with E-state index in [1.54, 1.807) is 6.20 Å². The monoisotopic (exact) mass is 342 g/mol. The smallest absolute Gasteiger partial charge is 0.220 e. The molecule has 2 N–H and O–H groups in total. The summed E-state index contributed by atoms with van der Waals surface area (Å²) in [5, 5.41) is 6.34. The second-order valence-electron chi connectivity index (χ2n) is 6.61. The zero-order valence-electron chi connectivity index (χ0n) is 15.0. The normalized spacial score (nSPS) is 17.4. The maximum absolute atomic E-state index is 12.1. The number of piperidine rings is 1. The zero-order chi connectivity index (χ0) is 17.6. The topological polar surface area (TPSA) is 84.7 Å². The van der Waals surface area contributed by atoms with Crippen LogP contribution in [-0.2, 0) is 24.8 Å². The largest absolute Gasteiger partial charge is 0.349 e. The molecule has 3 rings (SSSR count). The SMILES string of the molecule is Cc1nc(CCC(=O)NCc2nccn2C)cc([C@@H]2CCCNC2)n1. The van der Waals surface area contributed by atoms with Crippen LogP contribution in [0.5, 0.6) is 0 Å². The first-order chi connectivity index (χ1) is 12.1. The first kappa shape index (κ1) is 17.5. The van der Waals surface area contributed by atoms with Crippen LogP contribution in [0, 0.1) is 6.92 Å². The molecule has 0 bridgehead atoms. The Balaban J connectivity index is 1.54. The molecule has 1 aliphatic heterocycles. The van der Waals surface area contributed by atoms with Crippen molar-refractivity contribution in [2.45, 2.75) is 45.1 Å². The molecule has 0 aliphatic carbocycles. The number of aromatic nitrogens is 4. The molecule has 2 aromatic heterocycles. The summed E-state index contributed by atoms with van der Waals surface area (Å²) in [5.74, 6) is 2.09. The average Bonchev–Trinajstić information content (AvgIpc) is 3.03. The van der Waals surface area contributed by atoms with Crippen LogP contribution in [-0.4, -0.2) is 38.5 Å². The van der Waals surface area contributed by atoms with E-state index in [0.717, 1.165) is 42.5 Å². The van der Waals surface area contributed by atoms with Gasteiger partial charge in [-0.1, -0.05) is 0 Å². The van der Waals surface area contributed by atoms with Crippen molar-refractivity contribution in [1.29, 1.82) is 0 Å². The fourth-order valence-electron chi connectivity index (χ4n) is 3.17. The van der Waals surface area contributed by atoms with Gasteiger partial charge in [-0.05, 0) is 38.8 Å². The van der Waals surface area contributed by atoms with Gasteiger partial charge in [0.15, 0.2) is 0 Å². The van der Waals surface area contributed by atoms with E-state index in [4.69, 9.17) is 0 Å². The number of nitrogens with zero attached hydrogens (tertiary/aromatic N) is 4. The maximum atomic E-state index is 12.1. The molecule has 7 heteroatoms. The highest BCUT2D eigenvalue weighted by atomic mass is 16.1. The minimum Gasteiger partial charge on any atom is -0.349 e. The number of imidazole rings is 1. The number of aryl methyl sites for hydroxylation is 3. The van der Waals surface area contributed by atoms with E-state index in [9.17, 15) is 4.79 Å². The van der Waals surface area contributed by atoms with Crippen LogP contribution in [0.3, 0.4) is 0 Å². The van der Waals surface area contributed by atoms with E-state index in [-0.39, 0.29) is 5.91 Å². The molecular formula is C18H26N6O. The molecule has 0 spiro atoms. The average molecular weight is 342 g/mol. The van der Waals surface area contributed by atoms with Gasteiger partial charge >= 0.3 is 0 Å². The molecule has 0 aromatic carbocycles. The van der Waals surface area contributed by atoms with Gasteiger partial charge in [0, 0.05) is 49.7 Å². The lowest BCUT2D eigenvalue weighted by molar-refractivity contribution is -0.121. The Morgan fingerprint density at radius 1 is 1.44 bits per heavy atom. The van der Waals surface area contributed by atoms with Gasteiger partial charge in [0.05, 0.1) is 6.54 Å². The quantitative estimate of drug-likeness (QED) is 0.825. The molecule has 1 amide bonds. The van der Waals surface area contributed by atoms with Crippen LogP contribution < -0.4 is 10.6 Å². The third-order valence-corrected chi connectivity index (χ3v) is 4.60. The van der Waals surface area contributed by atoms with Gasteiger partial charge in [-0.15, -0.1) is 0 Å². The summed E-state index contributed by atoms with van der Waals surface area (Å²) in [6, 6.07) is 2.07. The lowest BCUT2D eigenvalue weighted by atomic mass is 9.95. The molecule has 1 atom stereocenters. The highest BCUT2D eigenvalue weighted by Crippen LogP contribution is 2.22. The fraction of sp³-hybridized carbons (Fsp3) is 0.556. The number of carbonyl (C=O) groups excluding carboxylic acids is 1. The van der Waals surface area contributed by atoms with Gasteiger partial charge in [-0.25, -0.2) is 15.0 Å². The molecule has 134 valence electrons. The van der Waals surface area contributed by atoms with Gasteiger partial charge in [0.2, 0.25) is 5.91 Å². The lowest BCUT2D eigenvalue weighted by Gasteiger charge is -2.22. The van der Waals surface area contributed by atoms with E-state index in [1.807, 2.05) is 24.7 Å². The highest BCUT2D eigenvalue weighted by Gasteiger charge is 2.18. The van der Waals surface area contributed by atoms with E-state index in [1.165, 1.54) is 6.42 Å². The van der Waals surface area contributed by atoms with Crippen LogP contribution in [0.2, 0.25) is 0 Å². The molecule has 0 saturated carbocycles.